The average molecular weight is 437 g/mol. The van der Waals surface area contributed by atoms with Crippen molar-refractivity contribution in [3.05, 3.63) is 65.4 Å². The van der Waals surface area contributed by atoms with Gasteiger partial charge in [0.15, 0.2) is 5.65 Å². The summed E-state index contributed by atoms with van der Waals surface area (Å²) in [5, 5.41) is 17.9. The number of nitrogens with one attached hydrogen (secondary N) is 4. The van der Waals surface area contributed by atoms with Gasteiger partial charge in [-0.3, -0.25) is 9.89 Å². The Kier molecular flexibility index (Phi) is 5.96. The predicted molar refractivity (Wildman–Crippen MR) is 122 cm³/mol. The molecule has 31 heavy (non-hydrogen) atoms. The molecule has 4 aromatic rings. The first-order chi connectivity index (χ1) is 15.0. The summed E-state index contributed by atoms with van der Waals surface area (Å²) in [4.78, 5) is 20.2. The Labute approximate surface area is 183 Å². The summed E-state index contributed by atoms with van der Waals surface area (Å²) in [6.45, 7) is 2.06. The predicted octanol–water partition coefficient (Wildman–Crippen LogP) is 3.46. The van der Waals surface area contributed by atoms with E-state index in [0.717, 1.165) is 22.3 Å². The average Bonchev–Trinajstić information content (AvgIpc) is 3.17. The van der Waals surface area contributed by atoms with Crippen LogP contribution in [0.4, 0.5) is 23.0 Å². The molecule has 2 heterocycles. The number of benzene rings is 2. The van der Waals surface area contributed by atoms with Gasteiger partial charge in [-0.2, -0.15) is 5.10 Å². The highest BCUT2D eigenvalue weighted by Crippen LogP contribution is 2.30. The first-order valence-corrected chi connectivity index (χ1v) is 9.98. The number of rotatable bonds is 7. The summed E-state index contributed by atoms with van der Waals surface area (Å²) >= 11 is 6.08. The third kappa shape index (κ3) is 4.90. The van der Waals surface area contributed by atoms with Crippen LogP contribution in [0.25, 0.3) is 11.0 Å². The standard InChI is InChI=1S/C21H21ClN8O/c1-12(23)21(31)24-10-13-5-7-15(8-6-13)27-20-17-18(25-11-26-19(17)29-30-20)28-16-4-2-3-14(22)9-16/h2-9,11-12H,10,23H2,1H3,(H,24,31)(H3,25,26,27,28,29,30)/t12-/m0/s1. The summed E-state index contributed by atoms with van der Waals surface area (Å²) < 4.78 is 0. The molecule has 10 heteroatoms. The Bertz CT molecular complexity index is 1210. The molecule has 1 atom stereocenters. The SMILES string of the molecule is C[C@H](N)C(=O)NCc1ccc(Nc2[nH]nc3ncnc(Nc4cccc(Cl)c4)c23)cc1. The van der Waals surface area contributed by atoms with E-state index in [1.54, 1.807) is 13.0 Å². The number of carbonyl (C=O) groups excluding carboxylic acids is 1. The van der Waals surface area contributed by atoms with E-state index < -0.39 is 6.04 Å². The number of anilines is 4. The summed E-state index contributed by atoms with van der Waals surface area (Å²) in [5.74, 6) is 1.06. The maximum atomic E-state index is 11.6. The van der Waals surface area contributed by atoms with Crippen molar-refractivity contribution in [2.24, 2.45) is 5.73 Å². The number of H-pyrrole nitrogens is 1. The summed E-state index contributed by atoms with van der Waals surface area (Å²) in [6.07, 6.45) is 1.45. The number of fused-ring (bicyclic) bond motifs is 1. The Morgan fingerprint density at radius 1 is 1.13 bits per heavy atom. The number of nitrogens with two attached hydrogens (primary N) is 1. The van der Waals surface area contributed by atoms with Crippen molar-refractivity contribution in [2.75, 3.05) is 10.6 Å². The lowest BCUT2D eigenvalue weighted by Gasteiger charge is -2.10. The highest BCUT2D eigenvalue weighted by molar-refractivity contribution is 6.30. The second-order valence-corrected chi connectivity index (χ2v) is 7.42. The molecule has 0 aliphatic rings. The topological polar surface area (TPSA) is 134 Å². The third-order valence-corrected chi connectivity index (χ3v) is 4.78. The molecule has 0 aliphatic heterocycles. The molecule has 2 aromatic carbocycles. The van der Waals surface area contributed by atoms with E-state index in [1.807, 2.05) is 42.5 Å². The molecule has 0 saturated carbocycles. The maximum Gasteiger partial charge on any atom is 0.236 e. The maximum absolute atomic E-state index is 11.6. The fraction of sp³-hybridized carbons (Fsp3) is 0.143. The van der Waals surface area contributed by atoms with Gasteiger partial charge >= 0.3 is 0 Å². The zero-order chi connectivity index (χ0) is 21.8. The molecular weight excluding hydrogens is 416 g/mol. The molecule has 0 fully saturated rings. The van der Waals surface area contributed by atoms with Crippen LogP contribution in [-0.2, 0) is 11.3 Å². The fourth-order valence-electron chi connectivity index (χ4n) is 2.94. The highest BCUT2D eigenvalue weighted by atomic mass is 35.5. The lowest BCUT2D eigenvalue weighted by Crippen LogP contribution is -2.37. The number of carbonyl (C=O) groups is 1. The molecule has 0 aliphatic carbocycles. The van der Waals surface area contributed by atoms with Crippen LogP contribution < -0.4 is 21.7 Å². The van der Waals surface area contributed by atoms with Gasteiger partial charge in [0.2, 0.25) is 5.91 Å². The second-order valence-electron chi connectivity index (χ2n) is 6.98. The molecule has 4 rings (SSSR count). The van der Waals surface area contributed by atoms with Crippen LogP contribution in [0.3, 0.4) is 0 Å². The largest absolute Gasteiger partial charge is 0.351 e. The summed E-state index contributed by atoms with van der Waals surface area (Å²) in [7, 11) is 0. The first-order valence-electron chi connectivity index (χ1n) is 9.60. The molecular formula is C21H21ClN8O. The van der Waals surface area contributed by atoms with E-state index in [-0.39, 0.29) is 5.91 Å². The van der Waals surface area contributed by atoms with Gasteiger partial charge in [-0.1, -0.05) is 29.8 Å². The van der Waals surface area contributed by atoms with Crippen LogP contribution in [0, 0.1) is 0 Å². The second kappa shape index (κ2) is 8.99. The zero-order valence-corrected chi connectivity index (χ0v) is 17.4. The zero-order valence-electron chi connectivity index (χ0n) is 16.7. The number of nitrogens with zero attached hydrogens (tertiary/aromatic N) is 3. The van der Waals surface area contributed by atoms with Gasteiger partial charge < -0.3 is 21.7 Å². The number of halogens is 1. The fourth-order valence-corrected chi connectivity index (χ4v) is 3.13. The highest BCUT2D eigenvalue weighted by Gasteiger charge is 2.13. The van der Waals surface area contributed by atoms with Crippen LogP contribution in [0.5, 0.6) is 0 Å². The lowest BCUT2D eigenvalue weighted by molar-refractivity contribution is -0.122. The van der Waals surface area contributed by atoms with Gasteiger partial charge in [-0.05, 0) is 42.8 Å². The molecule has 9 nitrogen and oxygen atoms in total. The normalized spacial score (nSPS) is 11.8. The number of hydrogen-bond acceptors (Lipinski definition) is 7. The number of hydrogen-bond donors (Lipinski definition) is 5. The lowest BCUT2D eigenvalue weighted by atomic mass is 10.2. The van der Waals surface area contributed by atoms with Gasteiger partial charge in [0.05, 0.1) is 6.04 Å². The van der Waals surface area contributed by atoms with Crippen molar-refractivity contribution in [3.63, 3.8) is 0 Å². The van der Waals surface area contributed by atoms with Crippen LogP contribution in [0.1, 0.15) is 12.5 Å². The molecule has 2 aromatic heterocycles. The van der Waals surface area contributed by atoms with E-state index in [4.69, 9.17) is 17.3 Å². The van der Waals surface area contributed by atoms with Crippen molar-refractivity contribution in [1.29, 1.82) is 0 Å². The Morgan fingerprint density at radius 3 is 2.68 bits per heavy atom. The van der Waals surface area contributed by atoms with E-state index >= 15 is 0 Å². The van der Waals surface area contributed by atoms with Crippen molar-refractivity contribution in [3.8, 4) is 0 Å². The van der Waals surface area contributed by atoms with Gasteiger partial charge in [-0.25, -0.2) is 9.97 Å². The summed E-state index contributed by atoms with van der Waals surface area (Å²) in [6, 6.07) is 14.5. The molecule has 6 N–H and O–H groups in total. The minimum Gasteiger partial charge on any atom is -0.351 e. The van der Waals surface area contributed by atoms with Crippen molar-refractivity contribution in [2.45, 2.75) is 19.5 Å². The number of aromatic nitrogens is 4. The molecule has 0 spiro atoms. The summed E-state index contributed by atoms with van der Waals surface area (Å²) in [5.41, 5.74) is 8.69. The van der Waals surface area contributed by atoms with Gasteiger partial charge in [-0.15, -0.1) is 0 Å². The van der Waals surface area contributed by atoms with Crippen LogP contribution in [-0.4, -0.2) is 32.1 Å². The molecule has 0 saturated heterocycles. The number of aromatic amines is 1. The minimum atomic E-state index is -0.536. The van der Waals surface area contributed by atoms with E-state index in [2.05, 4.69) is 36.1 Å². The third-order valence-electron chi connectivity index (χ3n) is 4.54. The monoisotopic (exact) mass is 436 g/mol. The van der Waals surface area contributed by atoms with Gasteiger partial charge in [0, 0.05) is 22.9 Å². The van der Waals surface area contributed by atoms with E-state index in [1.165, 1.54) is 6.33 Å². The van der Waals surface area contributed by atoms with Crippen molar-refractivity contribution < 1.29 is 4.79 Å². The smallest absolute Gasteiger partial charge is 0.236 e. The van der Waals surface area contributed by atoms with E-state index in [0.29, 0.717) is 28.9 Å². The molecule has 158 valence electrons. The Morgan fingerprint density at radius 2 is 1.94 bits per heavy atom. The Hall–Kier alpha value is -3.69. The van der Waals surface area contributed by atoms with E-state index in [9.17, 15) is 4.79 Å². The first kappa shape index (κ1) is 20.6. The van der Waals surface area contributed by atoms with Gasteiger partial charge in [0.1, 0.15) is 23.3 Å². The van der Waals surface area contributed by atoms with Crippen LogP contribution >= 0.6 is 11.6 Å². The van der Waals surface area contributed by atoms with Crippen LogP contribution in [0.2, 0.25) is 5.02 Å². The van der Waals surface area contributed by atoms with Crippen molar-refractivity contribution >= 4 is 51.6 Å². The van der Waals surface area contributed by atoms with Crippen LogP contribution in [0.15, 0.2) is 54.9 Å². The number of amides is 1. The van der Waals surface area contributed by atoms with Crippen molar-refractivity contribution in [1.82, 2.24) is 25.5 Å². The molecule has 0 unspecified atom stereocenters. The van der Waals surface area contributed by atoms with Gasteiger partial charge in [0.25, 0.3) is 0 Å². The Balaban J connectivity index is 1.53. The quantitative estimate of drug-likeness (QED) is 0.299. The molecule has 0 radical (unpaired) electrons. The molecule has 0 bridgehead atoms. The molecule has 1 amide bonds. The minimum absolute atomic E-state index is 0.189.